The Balaban J connectivity index is 1.63. The van der Waals surface area contributed by atoms with Crippen molar-refractivity contribution in [3.8, 4) is 57.8 Å². The van der Waals surface area contributed by atoms with Crippen LogP contribution in [0.1, 0.15) is 55.6 Å². The van der Waals surface area contributed by atoms with Crippen molar-refractivity contribution in [3.05, 3.63) is 248 Å². The second-order valence-electron chi connectivity index (χ2n) is 15.8. The molecule has 4 nitrogen and oxygen atoms in total. The number of benzene rings is 8. The van der Waals surface area contributed by atoms with Crippen LogP contribution in [0.25, 0.3) is 11.1 Å². The van der Waals surface area contributed by atoms with Gasteiger partial charge in [-0.05, 0) is 95.1 Å². The smallest absolute Gasteiger partial charge is 0.178 e. The van der Waals surface area contributed by atoms with Crippen LogP contribution in [0.3, 0.4) is 0 Å². The second kappa shape index (κ2) is 18.1. The Morgan fingerprint density at radius 2 is 0.574 bits per heavy atom. The first-order chi connectivity index (χ1) is 33.0. The van der Waals surface area contributed by atoms with Gasteiger partial charge in [-0.3, -0.25) is 0 Å². The summed E-state index contributed by atoms with van der Waals surface area (Å²) >= 11 is 0. The number of fused-ring (bicyclic) bond motifs is 3. The number of methoxy groups -OCH3 is 4. The Morgan fingerprint density at radius 1 is 0.309 bits per heavy atom. The lowest BCUT2D eigenvalue weighted by Crippen LogP contribution is -2.56. The van der Waals surface area contributed by atoms with E-state index in [0.29, 0.717) is 34.1 Å². The summed E-state index contributed by atoms with van der Waals surface area (Å²) in [5.74, 6) is 1.92. The lowest BCUT2D eigenvalue weighted by atomic mass is 9.43. The molecule has 10 heteroatoms. The van der Waals surface area contributed by atoms with E-state index in [9.17, 15) is 0 Å². The Kier molecular flexibility index (Phi) is 12.0. The average Bonchev–Trinajstić information content (AvgIpc) is 3.39. The van der Waals surface area contributed by atoms with E-state index < -0.39 is 79.1 Å². The van der Waals surface area contributed by atoms with Crippen LogP contribution >= 0.6 is 0 Å². The maximum absolute atomic E-state index is 19.0. The summed E-state index contributed by atoms with van der Waals surface area (Å²) in [5, 5.41) is 0. The molecule has 0 fully saturated rings. The molecule has 0 aromatic heterocycles. The van der Waals surface area contributed by atoms with Gasteiger partial charge in [0.2, 0.25) is 0 Å². The molecule has 0 N–H and O–H groups in total. The Hall–Kier alpha value is -8.34. The molecular weight excluding hydrogens is 875 g/mol. The molecule has 336 valence electrons. The third-order valence-corrected chi connectivity index (χ3v) is 12.5. The third-order valence-electron chi connectivity index (χ3n) is 12.5. The zero-order valence-electron chi connectivity index (χ0n) is 36.9. The SMILES string of the molecule is COc1ccc(C2(c3ccc(OC)cc3)c3c(F)c(C#Cc4ccccc4)c(F)c(F)c3-c3c(F)c(F)c(C#Cc4ccccc4)c(F)c3C2(c2ccc(OC)cc2)c2ccc(OC)cc2)cc1. The van der Waals surface area contributed by atoms with Gasteiger partial charge in [0.15, 0.2) is 23.3 Å². The van der Waals surface area contributed by atoms with E-state index in [2.05, 4.69) is 23.7 Å². The first-order valence-corrected chi connectivity index (χ1v) is 21.2. The molecule has 0 radical (unpaired) electrons. The fraction of sp³-hybridized carbons (Fsp3) is 0.103. The van der Waals surface area contributed by atoms with Crippen LogP contribution in [-0.4, -0.2) is 28.4 Å². The van der Waals surface area contributed by atoms with Crippen LogP contribution in [0.5, 0.6) is 23.0 Å². The molecule has 0 atom stereocenters. The predicted octanol–water partition coefficient (Wildman–Crippen LogP) is 12.7. The van der Waals surface area contributed by atoms with Gasteiger partial charge in [0, 0.05) is 33.4 Å². The molecule has 8 aromatic carbocycles. The molecule has 0 unspecified atom stereocenters. The van der Waals surface area contributed by atoms with Gasteiger partial charge in [0.1, 0.15) is 34.6 Å². The van der Waals surface area contributed by atoms with Crippen molar-refractivity contribution in [2.75, 3.05) is 28.4 Å². The summed E-state index contributed by atoms with van der Waals surface area (Å²) in [6.45, 7) is 0. The molecule has 0 heterocycles. The zero-order chi connectivity index (χ0) is 47.7. The molecule has 68 heavy (non-hydrogen) atoms. The van der Waals surface area contributed by atoms with Gasteiger partial charge in [-0.1, -0.05) is 109 Å². The topological polar surface area (TPSA) is 36.9 Å². The van der Waals surface area contributed by atoms with Gasteiger partial charge in [-0.2, -0.15) is 0 Å². The van der Waals surface area contributed by atoms with Crippen LogP contribution < -0.4 is 18.9 Å². The van der Waals surface area contributed by atoms with Crippen LogP contribution in [-0.2, 0) is 10.8 Å². The highest BCUT2D eigenvalue weighted by molar-refractivity contribution is 5.88. The lowest BCUT2D eigenvalue weighted by Gasteiger charge is -2.57. The van der Waals surface area contributed by atoms with E-state index in [4.69, 9.17) is 18.9 Å². The predicted molar refractivity (Wildman–Crippen MR) is 248 cm³/mol. The molecular formula is C58H38F6O4. The van der Waals surface area contributed by atoms with E-state index in [0.717, 1.165) is 0 Å². The normalized spacial score (nSPS) is 12.9. The monoisotopic (exact) mass is 912 g/mol. The van der Waals surface area contributed by atoms with E-state index in [1.165, 1.54) is 28.4 Å². The van der Waals surface area contributed by atoms with E-state index in [-0.39, 0.29) is 22.3 Å². The summed E-state index contributed by atoms with van der Waals surface area (Å²) < 4.78 is 130. The van der Waals surface area contributed by atoms with Gasteiger partial charge in [-0.25, -0.2) is 26.3 Å². The van der Waals surface area contributed by atoms with Crippen molar-refractivity contribution in [2.24, 2.45) is 0 Å². The van der Waals surface area contributed by atoms with E-state index in [1.807, 2.05) is 0 Å². The quantitative estimate of drug-likeness (QED) is 0.0865. The van der Waals surface area contributed by atoms with Gasteiger partial charge in [0.25, 0.3) is 0 Å². The van der Waals surface area contributed by atoms with E-state index >= 15 is 26.3 Å². The maximum atomic E-state index is 19.0. The molecule has 8 aromatic rings. The Morgan fingerprint density at radius 3 is 0.824 bits per heavy atom. The number of rotatable bonds is 8. The van der Waals surface area contributed by atoms with E-state index in [1.54, 1.807) is 158 Å². The highest BCUT2D eigenvalue weighted by atomic mass is 19.2. The molecule has 0 spiro atoms. The average molecular weight is 913 g/mol. The first kappa shape index (κ1) is 44.8. The van der Waals surface area contributed by atoms with Crippen molar-refractivity contribution in [3.63, 3.8) is 0 Å². The van der Waals surface area contributed by atoms with Crippen molar-refractivity contribution in [1.29, 1.82) is 0 Å². The molecule has 1 aliphatic carbocycles. The number of ether oxygens (including phenoxy) is 4. The number of halogens is 6. The minimum absolute atomic E-state index is 0.162. The Labute approximate surface area is 389 Å². The highest BCUT2D eigenvalue weighted by Crippen LogP contribution is 2.68. The lowest BCUT2D eigenvalue weighted by molar-refractivity contribution is 0.363. The minimum Gasteiger partial charge on any atom is -0.497 e. The molecule has 0 amide bonds. The maximum Gasteiger partial charge on any atom is 0.178 e. The minimum atomic E-state index is -2.34. The fourth-order valence-electron chi connectivity index (χ4n) is 9.54. The van der Waals surface area contributed by atoms with Gasteiger partial charge in [0.05, 0.1) is 50.4 Å². The molecule has 1 aliphatic rings. The van der Waals surface area contributed by atoms with Crippen molar-refractivity contribution >= 4 is 0 Å². The van der Waals surface area contributed by atoms with Gasteiger partial charge < -0.3 is 18.9 Å². The summed E-state index contributed by atoms with van der Waals surface area (Å²) in [7, 11) is 5.78. The molecule has 0 aliphatic heterocycles. The molecule has 0 bridgehead atoms. The van der Waals surface area contributed by atoms with Crippen LogP contribution in [0.15, 0.2) is 158 Å². The summed E-state index contributed by atoms with van der Waals surface area (Å²) in [4.78, 5) is 0. The summed E-state index contributed by atoms with van der Waals surface area (Å²) in [5.41, 5.74) is -8.85. The first-order valence-electron chi connectivity index (χ1n) is 21.2. The largest absolute Gasteiger partial charge is 0.497 e. The second-order valence-corrected chi connectivity index (χ2v) is 15.8. The van der Waals surface area contributed by atoms with Crippen molar-refractivity contribution in [2.45, 2.75) is 10.8 Å². The van der Waals surface area contributed by atoms with Crippen molar-refractivity contribution in [1.82, 2.24) is 0 Å². The highest BCUT2D eigenvalue weighted by Gasteiger charge is 2.65. The van der Waals surface area contributed by atoms with Crippen LogP contribution in [0, 0.1) is 58.6 Å². The van der Waals surface area contributed by atoms with Crippen molar-refractivity contribution < 1.29 is 45.3 Å². The standard InChI is InChI=1S/C58H38F6O4/c1-65-41-25-17-37(18-26-41)57(38-19-27-42(66-2)28-20-38)49-47(55(63)53(61)45(51(49)59)33-15-35-11-7-5-8-12-35)48-50(52(60)46(54(62)56(48)64)34-16-36-13-9-6-10-14-36)58(57,39-21-29-43(67-3)30-22-39)40-23-31-44(68-4)32-24-40/h5-14,17-32H,1-4H3. The molecule has 9 rings (SSSR count). The van der Waals surface area contributed by atoms with Crippen LogP contribution in [0.4, 0.5) is 26.3 Å². The van der Waals surface area contributed by atoms with Gasteiger partial charge >= 0.3 is 0 Å². The summed E-state index contributed by atoms with van der Waals surface area (Å²) in [6.07, 6.45) is 0. The molecule has 0 saturated carbocycles. The number of hydrogen-bond donors (Lipinski definition) is 0. The Bertz CT molecular complexity index is 2990. The third kappa shape index (κ3) is 7.00. The summed E-state index contributed by atoms with van der Waals surface area (Å²) in [6, 6.07) is 41.9. The van der Waals surface area contributed by atoms with Gasteiger partial charge in [-0.15, -0.1) is 0 Å². The number of hydrogen-bond acceptors (Lipinski definition) is 4. The fourth-order valence-corrected chi connectivity index (χ4v) is 9.54. The zero-order valence-corrected chi connectivity index (χ0v) is 36.9. The van der Waals surface area contributed by atoms with Crippen LogP contribution in [0.2, 0.25) is 0 Å². The molecule has 0 saturated heterocycles.